The molecule has 0 unspecified atom stereocenters. The number of nitrogens with zero attached hydrogens (tertiary/aromatic N) is 4. The van der Waals surface area contributed by atoms with Crippen molar-refractivity contribution in [3.63, 3.8) is 0 Å². The lowest BCUT2D eigenvalue weighted by molar-refractivity contribution is -0.384. The van der Waals surface area contributed by atoms with Gasteiger partial charge < -0.3 is 5.11 Å². The Morgan fingerprint density at radius 2 is 1.90 bits per heavy atom. The summed E-state index contributed by atoms with van der Waals surface area (Å²) in [6, 6.07) is 13.3. The van der Waals surface area contributed by atoms with Gasteiger partial charge in [0.15, 0.2) is 0 Å². The van der Waals surface area contributed by atoms with E-state index in [1.807, 2.05) is 30.3 Å². The van der Waals surface area contributed by atoms with Crippen LogP contribution >= 0.6 is 0 Å². The Labute approximate surface area is 119 Å². The first-order valence-electron chi connectivity index (χ1n) is 6.11. The molecule has 1 heterocycles. The molecular formula is C14H10N4O3. The van der Waals surface area contributed by atoms with Crippen LogP contribution in [0.25, 0.3) is 16.9 Å². The zero-order valence-corrected chi connectivity index (χ0v) is 10.7. The first-order chi connectivity index (χ1) is 10.1. The molecule has 1 N–H and O–H groups in total. The molecule has 0 amide bonds. The molecule has 0 saturated carbocycles. The van der Waals surface area contributed by atoms with Crippen LogP contribution in [0.5, 0.6) is 5.75 Å². The second-order valence-electron chi connectivity index (χ2n) is 4.34. The van der Waals surface area contributed by atoms with Gasteiger partial charge in [-0.15, -0.1) is 5.10 Å². The molecule has 0 aliphatic rings. The average Bonchev–Trinajstić information content (AvgIpc) is 2.97. The highest BCUT2D eigenvalue weighted by Crippen LogP contribution is 2.27. The molecule has 0 aliphatic heterocycles. The molecule has 0 aliphatic carbocycles. The van der Waals surface area contributed by atoms with Crippen LogP contribution in [-0.4, -0.2) is 25.0 Å². The lowest BCUT2D eigenvalue weighted by Gasteiger charge is -2.02. The average molecular weight is 282 g/mol. The van der Waals surface area contributed by atoms with Crippen molar-refractivity contribution in [1.82, 2.24) is 15.0 Å². The summed E-state index contributed by atoms with van der Waals surface area (Å²) < 4.78 is 1.32. The van der Waals surface area contributed by atoms with Crippen LogP contribution in [0.3, 0.4) is 0 Å². The predicted molar refractivity (Wildman–Crippen MR) is 75.1 cm³/mol. The molecule has 0 fully saturated rings. The van der Waals surface area contributed by atoms with Gasteiger partial charge in [-0.2, -0.15) is 0 Å². The van der Waals surface area contributed by atoms with E-state index in [1.54, 1.807) is 6.20 Å². The van der Waals surface area contributed by atoms with Gasteiger partial charge in [-0.05, 0) is 12.1 Å². The number of aromatic nitrogens is 3. The summed E-state index contributed by atoms with van der Waals surface area (Å²) in [5, 5.41) is 28.4. The topological polar surface area (TPSA) is 94.1 Å². The van der Waals surface area contributed by atoms with E-state index in [9.17, 15) is 15.2 Å². The summed E-state index contributed by atoms with van der Waals surface area (Å²) >= 11 is 0. The molecule has 0 spiro atoms. The third kappa shape index (κ3) is 2.44. The minimum Gasteiger partial charge on any atom is -0.508 e. The zero-order chi connectivity index (χ0) is 14.8. The predicted octanol–water partition coefficient (Wildman–Crippen LogP) is 2.55. The van der Waals surface area contributed by atoms with Crippen molar-refractivity contribution in [3.05, 3.63) is 64.8 Å². The van der Waals surface area contributed by atoms with E-state index >= 15 is 0 Å². The first-order valence-corrected chi connectivity index (χ1v) is 6.11. The molecule has 0 saturated heterocycles. The second-order valence-corrected chi connectivity index (χ2v) is 4.34. The van der Waals surface area contributed by atoms with Crippen molar-refractivity contribution in [2.45, 2.75) is 0 Å². The molecule has 104 valence electrons. The summed E-state index contributed by atoms with van der Waals surface area (Å²) in [7, 11) is 0. The maximum absolute atomic E-state index is 11.1. The molecule has 2 aromatic carbocycles. The number of nitro groups is 1. The maximum Gasteiger partial charge on any atom is 0.298 e. The van der Waals surface area contributed by atoms with Crippen LogP contribution in [0, 0.1) is 10.1 Å². The summed E-state index contributed by atoms with van der Waals surface area (Å²) in [4.78, 5) is 10.5. The van der Waals surface area contributed by atoms with Gasteiger partial charge in [0.2, 0.25) is 0 Å². The summed E-state index contributed by atoms with van der Waals surface area (Å²) in [6.07, 6.45) is 1.61. The monoisotopic (exact) mass is 282 g/mol. The highest BCUT2D eigenvalue weighted by molar-refractivity contribution is 5.60. The smallest absolute Gasteiger partial charge is 0.298 e. The molecular weight excluding hydrogens is 272 g/mol. The number of hydrogen-bond acceptors (Lipinski definition) is 5. The van der Waals surface area contributed by atoms with Crippen LogP contribution in [0.1, 0.15) is 0 Å². The third-order valence-electron chi connectivity index (χ3n) is 2.97. The first kappa shape index (κ1) is 12.8. The van der Waals surface area contributed by atoms with E-state index in [-0.39, 0.29) is 17.1 Å². The minimum atomic E-state index is -0.571. The fourth-order valence-corrected chi connectivity index (χ4v) is 1.97. The fourth-order valence-electron chi connectivity index (χ4n) is 1.97. The molecule has 0 atom stereocenters. The number of aromatic hydroxyl groups is 1. The molecule has 21 heavy (non-hydrogen) atoms. The SMILES string of the molecule is O=[N+]([O-])c1cc(O)ccc1-n1cc(-c2ccccc2)nn1. The van der Waals surface area contributed by atoms with E-state index in [2.05, 4.69) is 10.3 Å². The van der Waals surface area contributed by atoms with Crippen molar-refractivity contribution >= 4 is 5.69 Å². The van der Waals surface area contributed by atoms with Gasteiger partial charge in [-0.3, -0.25) is 10.1 Å². The minimum absolute atomic E-state index is 0.172. The Bertz CT molecular complexity index is 799. The van der Waals surface area contributed by atoms with E-state index in [1.165, 1.54) is 16.8 Å². The lowest BCUT2D eigenvalue weighted by atomic mass is 10.2. The number of phenols is 1. The highest BCUT2D eigenvalue weighted by atomic mass is 16.6. The van der Waals surface area contributed by atoms with Crippen molar-refractivity contribution in [2.24, 2.45) is 0 Å². The van der Waals surface area contributed by atoms with Crippen molar-refractivity contribution in [1.29, 1.82) is 0 Å². The number of nitro benzene ring substituents is 1. The Morgan fingerprint density at radius 1 is 1.14 bits per heavy atom. The third-order valence-corrected chi connectivity index (χ3v) is 2.97. The quantitative estimate of drug-likeness (QED) is 0.588. The second kappa shape index (κ2) is 5.04. The van der Waals surface area contributed by atoms with Crippen molar-refractivity contribution < 1.29 is 10.0 Å². The number of benzene rings is 2. The van der Waals surface area contributed by atoms with E-state index < -0.39 is 4.92 Å². The Kier molecular flexibility index (Phi) is 3.07. The van der Waals surface area contributed by atoms with Gasteiger partial charge in [0.1, 0.15) is 17.1 Å². The van der Waals surface area contributed by atoms with Gasteiger partial charge in [0.05, 0.1) is 17.2 Å². The largest absolute Gasteiger partial charge is 0.508 e. The number of phenolic OH excluding ortho intramolecular Hbond substituents is 1. The van der Waals surface area contributed by atoms with Crippen LogP contribution < -0.4 is 0 Å². The number of rotatable bonds is 3. The summed E-state index contributed by atoms with van der Waals surface area (Å²) in [5.74, 6) is -0.172. The Balaban J connectivity index is 2.07. The van der Waals surface area contributed by atoms with Gasteiger partial charge in [-0.25, -0.2) is 4.68 Å². The van der Waals surface area contributed by atoms with E-state index in [4.69, 9.17) is 0 Å². The maximum atomic E-state index is 11.1. The van der Waals surface area contributed by atoms with Crippen molar-refractivity contribution in [3.8, 4) is 22.7 Å². The van der Waals surface area contributed by atoms with Crippen LogP contribution in [0.2, 0.25) is 0 Å². The Hall–Kier alpha value is -3.22. The van der Waals surface area contributed by atoms with Gasteiger partial charge in [0.25, 0.3) is 5.69 Å². The number of hydrogen-bond donors (Lipinski definition) is 1. The molecule has 7 nitrogen and oxygen atoms in total. The summed E-state index contributed by atoms with van der Waals surface area (Å²) in [6.45, 7) is 0. The van der Waals surface area contributed by atoms with Crippen molar-refractivity contribution in [2.75, 3.05) is 0 Å². The van der Waals surface area contributed by atoms with E-state index in [0.29, 0.717) is 5.69 Å². The normalized spacial score (nSPS) is 10.5. The van der Waals surface area contributed by atoms with E-state index in [0.717, 1.165) is 11.6 Å². The van der Waals surface area contributed by atoms with Gasteiger partial charge in [-0.1, -0.05) is 35.5 Å². The highest BCUT2D eigenvalue weighted by Gasteiger charge is 2.18. The molecule has 3 rings (SSSR count). The fraction of sp³-hybridized carbons (Fsp3) is 0. The summed E-state index contributed by atoms with van der Waals surface area (Å²) in [5.41, 5.74) is 1.48. The molecule has 3 aromatic rings. The van der Waals surface area contributed by atoms with Gasteiger partial charge in [0, 0.05) is 5.56 Å². The Morgan fingerprint density at radius 3 is 2.62 bits per heavy atom. The lowest BCUT2D eigenvalue weighted by Crippen LogP contribution is -2.00. The van der Waals surface area contributed by atoms with Gasteiger partial charge >= 0.3 is 0 Å². The van der Waals surface area contributed by atoms with Crippen LogP contribution in [0.4, 0.5) is 5.69 Å². The zero-order valence-electron chi connectivity index (χ0n) is 10.7. The standard InChI is InChI=1S/C14H10N4O3/c19-11-6-7-13(14(8-11)18(20)21)17-9-12(15-16-17)10-4-2-1-3-5-10/h1-9,19H. The molecule has 7 heteroatoms. The van der Waals surface area contributed by atoms with Crippen LogP contribution in [-0.2, 0) is 0 Å². The molecule has 1 aromatic heterocycles. The van der Waals surface area contributed by atoms with Crippen LogP contribution in [0.15, 0.2) is 54.7 Å². The molecule has 0 bridgehead atoms. The molecule has 0 radical (unpaired) electrons.